The molecule has 2 fully saturated rings. The van der Waals surface area contributed by atoms with Gasteiger partial charge in [-0.3, -0.25) is 4.21 Å². The fraction of sp³-hybridized carbons (Fsp3) is 0.571. The average molecular weight is 447 g/mol. The van der Waals surface area contributed by atoms with Crippen molar-refractivity contribution >= 4 is 28.3 Å². The van der Waals surface area contributed by atoms with Crippen LogP contribution in [-0.2, 0) is 15.5 Å². The molecule has 1 saturated heterocycles. The van der Waals surface area contributed by atoms with Crippen molar-refractivity contribution in [1.29, 1.82) is 0 Å². The fourth-order valence-electron chi connectivity index (χ4n) is 3.59. The van der Waals surface area contributed by atoms with E-state index in [1.807, 2.05) is 13.0 Å². The molecule has 2 aliphatic rings. The van der Waals surface area contributed by atoms with Crippen molar-refractivity contribution in [3.05, 3.63) is 18.2 Å². The zero-order valence-electron chi connectivity index (χ0n) is 18.2. The lowest BCUT2D eigenvalue weighted by Crippen LogP contribution is -2.44. The third-order valence-corrected chi connectivity index (χ3v) is 7.57. The maximum Gasteiger partial charge on any atom is 0.215 e. The monoisotopic (exact) mass is 446 g/mol. The van der Waals surface area contributed by atoms with Crippen LogP contribution in [0.3, 0.4) is 0 Å². The van der Waals surface area contributed by atoms with Crippen LogP contribution in [0.15, 0.2) is 18.2 Å². The molecule has 1 aliphatic carbocycles. The van der Waals surface area contributed by atoms with E-state index >= 15 is 0 Å². The van der Waals surface area contributed by atoms with Gasteiger partial charge in [0, 0.05) is 52.1 Å². The number of methoxy groups -OCH3 is 1. The standard InChI is InChI=1S/C21H30N6O3S/c1-13-12-30-7-6-27(13)19-10-18(23-11-14(2)31(28)16-4-5-16)25-21(26-19)15-8-17(22)24-20(9-15)29-3/h8-10,13-14,16H,4-7,11-12H2,1-3H3,(H2,22,24)(H,23,25,26)/t13-,14-,31?/m1/s1. The van der Waals surface area contributed by atoms with Gasteiger partial charge in [-0.1, -0.05) is 0 Å². The van der Waals surface area contributed by atoms with E-state index in [0.29, 0.717) is 48.3 Å². The minimum Gasteiger partial charge on any atom is -0.481 e. The number of hydrogen-bond donors (Lipinski definition) is 2. The van der Waals surface area contributed by atoms with Crippen LogP contribution < -0.4 is 20.7 Å². The predicted molar refractivity (Wildman–Crippen MR) is 123 cm³/mol. The molecule has 3 heterocycles. The maximum absolute atomic E-state index is 12.5. The molecular weight excluding hydrogens is 416 g/mol. The Labute approximate surface area is 185 Å². The Bertz CT molecular complexity index is 955. The van der Waals surface area contributed by atoms with Gasteiger partial charge in [0.05, 0.1) is 26.4 Å². The molecule has 31 heavy (non-hydrogen) atoms. The summed E-state index contributed by atoms with van der Waals surface area (Å²) in [7, 11) is 0.731. The van der Waals surface area contributed by atoms with Crippen molar-refractivity contribution in [2.45, 2.75) is 43.2 Å². The highest BCUT2D eigenvalue weighted by molar-refractivity contribution is 7.86. The van der Waals surface area contributed by atoms with Crippen molar-refractivity contribution in [1.82, 2.24) is 15.0 Å². The largest absolute Gasteiger partial charge is 0.481 e. The van der Waals surface area contributed by atoms with Gasteiger partial charge in [0.2, 0.25) is 5.88 Å². The quantitative estimate of drug-likeness (QED) is 0.628. The molecule has 2 aromatic rings. The van der Waals surface area contributed by atoms with Crippen LogP contribution in [-0.4, -0.2) is 69.1 Å². The van der Waals surface area contributed by atoms with Crippen LogP contribution in [0.4, 0.5) is 17.5 Å². The van der Waals surface area contributed by atoms with Crippen LogP contribution in [0.25, 0.3) is 11.4 Å². The van der Waals surface area contributed by atoms with Crippen molar-refractivity contribution in [2.75, 3.05) is 49.4 Å². The van der Waals surface area contributed by atoms with E-state index < -0.39 is 10.8 Å². The second-order valence-corrected chi connectivity index (χ2v) is 10.2. The Morgan fingerprint density at radius 3 is 2.84 bits per heavy atom. The van der Waals surface area contributed by atoms with Gasteiger partial charge in [-0.25, -0.2) is 9.97 Å². The molecule has 4 rings (SSSR count). The van der Waals surface area contributed by atoms with Gasteiger partial charge in [-0.05, 0) is 32.8 Å². The Hall–Kier alpha value is -2.46. The molecule has 1 saturated carbocycles. The summed E-state index contributed by atoms with van der Waals surface area (Å²) in [5, 5.41) is 3.78. The number of nitrogens with zero attached hydrogens (tertiary/aromatic N) is 4. The number of ether oxygens (including phenoxy) is 2. The van der Waals surface area contributed by atoms with Gasteiger partial charge in [-0.2, -0.15) is 4.98 Å². The van der Waals surface area contributed by atoms with Gasteiger partial charge in [0.25, 0.3) is 0 Å². The Kier molecular flexibility index (Phi) is 6.57. The van der Waals surface area contributed by atoms with E-state index in [1.54, 1.807) is 19.2 Å². The summed E-state index contributed by atoms with van der Waals surface area (Å²) in [5.41, 5.74) is 6.68. The summed E-state index contributed by atoms with van der Waals surface area (Å²) in [6.45, 7) is 6.76. The van der Waals surface area contributed by atoms with E-state index in [4.69, 9.17) is 25.2 Å². The van der Waals surface area contributed by atoms with E-state index in [2.05, 4.69) is 22.1 Å². The van der Waals surface area contributed by atoms with Gasteiger partial charge < -0.3 is 25.4 Å². The molecule has 0 spiro atoms. The van der Waals surface area contributed by atoms with Crippen molar-refractivity contribution in [2.24, 2.45) is 0 Å². The maximum atomic E-state index is 12.5. The molecule has 1 aliphatic heterocycles. The third-order valence-electron chi connectivity index (χ3n) is 5.48. The van der Waals surface area contributed by atoms with Crippen LogP contribution >= 0.6 is 0 Å². The second-order valence-electron chi connectivity index (χ2n) is 8.09. The molecule has 1 unspecified atom stereocenters. The number of anilines is 3. The first kappa shape index (κ1) is 21.8. The zero-order chi connectivity index (χ0) is 22.0. The topological polar surface area (TPSA) is 115 Å². The summed E-state index contributed by atoms with van der Waals surface area (Å²) in [6.07, 6.45) is 2.14. The molecule has 3 atom stereocenters. The van der Waals surface area contributed by atoms with E-state index in [0.717, 1.165) is 30.8 Å². The lowest BCUT2D eigenvalue weighted by atomic mass is 10.2. The lowest BCUT2D eigenvalue weighted by molar-refractivity contribution is 0.0985. The minimum absolute atomic E-state index is 0.0494. The number of nitrogen functional groups attached to an aromatic ring is 1. The first-order valence-corrected chi connectivity index (χ1v) is 11.9. The molecule has 10 heteroatoms. The third kappa shape index (κ3) is 5.24. The van der Waals surface area contributed by atoms with E-state index in [-0.39, 0.29) is 11.3 Å². The Morgan fingerprint density at radius 2 is 2.13 bits per heavy atom. The normalized spacial score (nSPS) is 20.9. The molecule has 168 valence electrons. The van der Waals surface area contributed by atoms with Crippen molar-refractivity contribution in [3.8, 4) is 17.3 Å². The fourth-order valence-corrected chi connectivity index (χ4v) is 5.09. The average Bonchev–Trinajstić information content (AvgIpc) is 3.62. The van der Waals surface area contributed by atoms with Crippen LogP contribution in [0.5, 0.6) is 5.88 Å². The number of hydrogen-bond acceptors (Lipinski definition) is 9. The summed E-state index contributed by atoms with van der Waals surface area (Å²) < 4.78 is 23.3. The summed E-state index contributed by atoms with van der Waals surface area (Å²) in [5.74, 6) is 2.78. The molecule has 0 bridgehead atoms. The molecule has 2 aromatic heterocycles. The Balaban J connectivity index is 1.65. The molecule has 9 nitrogen and oxygen atoms in total. The summed E-state index contributed by atoms with van der Waals surface area (Å²) in [6, 6.07) is 5.65. The number of rotatable bonds is 8. The SMILES string of the molecule is COc1cc(-c2nc(NC[C@@H](C)S(=O)C3CC3)cc(N3CCOC[C@H]3C)n2)cc(N)n1. The molecule has 0 amide bonds. The van der Waals surface area contributed by atoms with Crippen molar-refractivity contribution < 1.29 is 13.7 Å². The van der Waals surface area contributed by atoms with Gasteiger partial charge >= 0.3 is 0 Å². The predicted octanol–water partition coefficient (Wildman–Crippen LogP) is 2.07. The van der Waals surface area contributed by atoms with E-state index in [1.165, 1.54) is 0 Å². The molecule has 3 N–H and O–H groups in total. The van der Waals surface area contributed by atoms with E-state index in [9.17, 15) is 4.21 Å². The van der Waals surface area contributed by atoms with Crippen LogP contribution in [0.1, 0.15) is 26.7 Å². The number of morpholine rings is 1. The van der Waals surface area contributed by atoms with Crippen LogP contribution in [0.2, 0.25) is 0 Å². The highest BCUT2D eigenvalue weighted by atomic mass is 32.2. The number of pyridine rings is 1. The first-order valence-electron chi connectivity index (χ1n) is 10.6. The van der Waals surface area contributed by atoms with Crippen LogP contribution in [0, 0.1) is 0 Å². The number of nitrogens with two attached hydrogens (primary N) is 1. The molecule has 0 radical (unpaired) electrons. The second kappa shape index (κ2) is 9.35. The summed E-state index contributed by atoms with van der Waals surface area (Å²) >= 11 is 0. The number of aromatic nitrogens is 3. The van der Waals surface area contributed by atoms with Crippen molar-refractivity contribution in [3.63, 3.8) is 0 Å². The minimum atomic E-state index is -0.817. The molecule has 0 aromatic carbocycles. The zero-order valence-corrected chi connectivity index (χ0v) is 19.0. The smallest absolute Gasteiger partial charge is 0.215 e. The lowest BCUT2D eigenvalue weighted by Gasteiger charge is -2.34. The van der Waals surface area contributed by atoms with Gasteiger partial charge in [-0.15, -0.1) is 0 Å². The van der Waals surface area contributed by atoms with Gasteiger partial charge in [0.15, 0.2) is 5.82 Å². The summed E-state index contributed by atoms with van der Waals surface area (Å²) in [4.78, 5) is 15.9. The molecular formula is C21H30N6O3S. The highest BCUT2D eigenvalue weighted by Gasteiger charge is 2.31. The number of nitrogens with one attached hydrogen (secondary N) is 1. The highest BCUT2D eigenvalue weighted by Crippen LogP contribution is 2.29. The first-order chi connectivity index (χ1) is 14.9. The van der Waals surface area contributed by atoms with Gasteiger partial charge in [0.1, 0.15) is 17.5 Å². The Morgan fingerprint density at radius 1 is 1.32 bits per heavy atom.